The van der Waals surface area contributed by atoms with Crippen LogP contribution in [0.5, 0.6) is 0 Å². The maximum atomic E-state index is 12.3. The molecule has 1 heterocycles. The van der Waals surface area contributed by atoms with Gasteiger partial charge in [-0.1, -0.05) is 27.7 Å². The molecule has 2 atom stereocenters. The molecule has 0 aromatic carbocycles. The van der Waals surface area contributed by atoms with Gasteiger partial charge in [0.15, 0.2) is 0 Å². The molecule has 1 aliphatic heterocycles. The highest BCUT2D eigenvalue weighted by atomic mass is 16.2. The molecule has 0 radical (unpaired) electrons. The van der Waals surface area contributed by atoms with Crippen molar-refractivity contribution in [2.24, 2.45) is 11.3 Å². The fraction of sp³-hybridized carbons (Fsp3) is 0.923. The smallest absolute Gasteiger partial charge is 0.239 e. The van der Waals surface area contributed by atoms with Crippen molar-refractivity contribution in [3.63, 3.8) is 0 Å². The summed E-state index contributed by atoms with van der Waals surface area (Å²) in [6.45, 7) is 10.6. The quantitative estimate of drug-likeness (QED) is 0.779. The van der Waals surface area contributed by atoms with E-state index in [-0.39, 0.29) is 17.4 Å². The minimum Gasteiger partial charge on any atom is -0.341 e. The van der Waals surface area contributed by atoms with Crippen LogP contribution in [-0.4, -0.2) is 37.0 Å². The van der Waals surface area contributed by atoms with E-state index in [4.69, 9.17) is 0 Å². The number of hydrogen-bond donors (Lipinski definition) is 1. The zero-order valence-corrected chi connectivity index (χ0v) is 11.3. The Balaban J connectivity index is 2.72. The third kappa shape index (κ3) is 3.78. The van der Waals surface area contributed by atoms with Gasteiger partial charge in [0.25, 0.3) is 0 Å². The van der Waals surface area contributed by atoms with Gasteiger partial charge in [-0.3, -0.25) is 4.79 Å². The van der Waals surface area contributed by atoms with E-state index in [0.717, 1.165) is 25.9 Å². The third-order valence-corrected chi connectivity index (χ3v) is 3.15. The number of rotatable bonds is 2. The van der Waals surface area contributed by atoms with E-state index in [1.165, 1.54) is 0 Å². The minimum absolute atomic E-state index is 0.0137. The molecule has 94 valence electrons. The van der Waals surface area contributed by atoms with Crippen molar-refractivity contribution in [1.29, 1.82) is 0 Å². The topological polar surface area (TPSA) is 32.3 Å². The predicted octanol–water partition coefficient (Wildman–Crippen LogP) is 1.88. The Morgan fingerprint density at radius 3 is 2.56 bits per heavy atom. The Hall–Kier alpha value is -0.570. The van der Waals surface area contributed by atoms with Crippen molar-refractivity contribution in [3.8, 4) is 0 Å². The lowest BCUT2D eigenvalue weighted by molar-refractivity contribution is -0.134. The lowest BCUT2D eigenvalue weighted by Gasteiger charge is -2.30. The number of nitrogens with one attached hydrogen (secondary N) is 1. The highest BCUT2D eigenvalue weighted by molar-refractivity contribution is 5.82. The number of carbonyl (C=O) groups excluding carboxylic acids is 1. The van der Waals surface area contributed by atoms with Gasteiger partial charge in [0.05, 0.1) is 6.04 Å². The second-order valence-electron chi connectivity index (χ2n) is 6.29. The molecule has 0 aliphatic carbocycles. The number of carbonyl (C=O) groups is 1. The average molecular weight is 226 g/mol. The van der Waals surface area contributed by atoms with Gasteiger partial charge in [-0.2, -0.15) is 0 Å². The maximum absolute atomic E-state index is 12.3. The van der Waals surface area contributed by atoms with E-state index in [0.29, 0.717) is 5.92 Å². The van der Waals surface area contributed by atoms with Gasteiger partial charge >= 0.3 is 0 Å². The first-order chi connectivity index (χ1) is 7.33. The van der Waals surface area contributed by atoms with Crippen LogP contribution in [0.15, 0.2) is 0 Å². The lowest BCUT2D eigenvalue weighted by atomic mass is 9.96. The molecule has 1 saturated heterocycles. The van der Waals surface area contributed by atoms with Gasteiger partial charge in [0.2, 0.25) is 5.91 Å². The summed E-state index contributed by atoms with van der Waals surface area (Å²) in [6.07, 6.45) is 2.09. The first-order valence-electron chi connectivity index (χ1n) is 6.29. The number of likely N-dealkylation sites (N-methyl/N-ethyl adjacent to an activating group) is 1. The summed E-state index contributed by atoms with van der Waals surface area (Å²) in [4.78, 5) is 14.3. The zero-order valence-electron chi connectivity index (χ0n) is 11.3. The molecule has 16 heavy (non-hydrogen) atoms. The summed E-state index contributed by atoms with van der Waals surface area (Å²) in [5, 5.41) is 3.15. The van der Waals surface area contributed by atoms with Crippen molar-refractivity contribution >= 4 is 5.91 Å². The van der Waals surface area contributed by atoms with Gasteiger partial charge in [0, 0.05) is 13.1 Å². The first-order valence-corrected chi connectivity index (χ1v) is 6.29. The highest BCUT2D eigenvalue weighted by Crippen LogP contribution is 2.22. The van der Waals surface area contributed by atoms with Crippen LogP contribution in [0.4, 0.5) is 0 Å². The monoisotopic (exact) mass is 226 g/mol. The number of nitrogens with zero attached hydrogens (tertiary/aromatic N) is 1. The van der Waals surface area contributed by atoms with Crippen molar-refractivity contribution in [3.05, 3.63) is 0 Å². The largest absolute Gasteiger partial charge is 0.341 e. The summed E-state index contributed by atoms with van der Waals surface area (Å²) in [5.41, 5.74) is 0.182. The molecule has 0 saturated carbocycles. The van der Waals surface area contributed by atoms with Crippen LogP contribution in [-0.2, 0) is 4.79 Å². The van der Waals surface area contributed by atoms with Crippen LogP contribution >= 0.6 is 0 Å². The molecule has 3 nitrogen and oxygen atoms in total. The standard InChI is InChI=1S/C13H26N2O/c1-10-6-7-15(9-13(2,3)4)12(16)11(8-10)14-5/h10-11,14H,6-9H2,1-5H3. The molecule has 1 rings (SSSR count). The number of amides is 1. The Morgan fingerprint density at radius 2 is 2.06 bits per heavy atom. The second-order valence-corrected chi connectivity index (χ2v) is 6.29. The molecule has 1 aliphatic rings. The lowest BCUT2D eigenvalue weighted by Crippen LogP contribution is -2.46. The Labute approximate surface area is 99.6 Å². The minimum atomic E-state index is 0.0137. The van der Waals surface area contributed by atoms with Crippen LogP contribution < -0.4 is 5.32 Å². The molecule has 1 N–H and O–H groups in total. The van der Waals surface area contributed by atoms with Gasteiger partial charge < -0.3 is 10.2 Å². The van der Waals surface area contributed by atoms with Gasteiger partial charge in [-0.15, -0.1) is 0 Å². The van der Waals surface area contributed by atoms with Crippen LogP contribution in [0.2, 0.25) is 0 Å². The second kappa shape index (κ2) is 5.17. The summed E-state index contributed by atoms with van der Waals surface area (Å²) >= 11 is 0. The molecule has 1 fully saturated rings. The van der Waals surface area contributed by atoms with E-state index in [1.807, 2.05) is 11.9 Å². The molecular formula is C13H26N2O. The molecule has 1 amide bonds. The average Bonchev–Trinajstić information content (AvgIpc) is 2.28. The molecule has 0 bridgehead atoms. The van der Waals surface area contributed by atoms with Crippen molar-refractivity contribution in [2.75, 3.05) is 20.1 Å². The summed E-state index contributed by atoms with van der Waals surface area (Å²) in [6, 6.07) is 0.0137. The Bertz CT molecular complexity index is 245. The van der Waals surface area contributed by atoms with E-state index in [9.17, 15) is 4.79 Å². The van der Waals surface area contributed by atoms with Crippen LogP contribution in [0.1, 0.15) is 40.5 Å². The van der Waals surface area contributed by atoms with E-state index < -0.39 is 0 Å². The highest BCUT2D eigenvalue weighted by Gasteiger charge is 2.30. The van der Waals surface area contributed by atoms with E-state index in [2.05, 4.69) is 33.0 Å². The molecule has 0 aromatic rings. The fourth-order valence-electron chi connectivity index (χ4n) is 2.30. The van der Waals surface area contributed by atoms with Crippen molar-refractivity contribution in [2.45, 2.75) is 46.6 Å². The summed E-state index contributed by atoms with van der Waals surface area (Å²) in [7, 11) is 1.88. The molecule has 3 heteroatoms. The van der Waals surface area contributed by atoms with Crippen LogP contribution in [0.25, 0.3) is 0 Å². The fourth-order valence-corrected chi connectivity index (χ4v) is 2.30. The molecule has 0 aromatic heterocycles. The van der Waals surface area contributed by atoms with Gasteiger partial charge in [-0.05, 0) is 31.2 Å². The zero-order chi connectivity index (χ0) is 12.3. The van der Waals surface area contributed by atoms with Gasteiger partial charge in [0.1, 0.15) is 0 Å². The van der Waals surface area contributed by atoms with Crippen LogP contribution in [0, 0.1) is 11.3 Å². The first kappa shape index (κ1) is 13.5. The normalized spacial score (nSPS) is 28.1. The summed E-state index contributed by atoms with van der Waals surface area (Å²) in [5.74, 6) is 0.910. The number of likely N-dealkylation sites (tertiary alicyclic amines) is 1. The van der Waals surface area contributed by atoms with Crippen molar-refractivity contribution < 1.29 is 4.79 Å². The third-order valence-electron chi connectivity index (χ3n) is 3.15. The van der Waals surface area contributed by atoms with Crippen LogP contribution in [0.3, 0.4) is 0 Å². The maximum Gasteiger partial charge on any atom is 0.239 e. The predicted molar refractivity (Wildman–Crippen MR) is 67.3 cm³/mol. The summed E-state index contributed by atoms with van der Waals surface area (Å²) < 4.78 is 0. The SMILES string of the molecule is CNC1CC(C)CCN(CC(C)(C)C)C1=O. The van der Waals surface area contributed by atoms with Crippen molar-refractivity contribution in [1.82, 2.24) is 10.2 Å². The van der Waals surface area contributed by atoms with E-state index in [1.54, 1.807) is 0 Å². The number of hydrogen-bond acceptors (Lipinski definition) is 2. The van der Waals surface area contributed by atoms with Gasteiger partial charge in [-0.25, -0.2) is 0 Å². The Kier molecular flexibility index (Phi) is 4.36. The molecular weight excluding hydrogens is 200 g/mol. The molecule has 2 unspecified atom stereocenters. The molecule has 0 spiro atoms. The Morgan fingerprint density at radius 1 is 1.44 bits per heavy atom. The van der Waals surface area contributed by atoms with E-state index >= 15 is 0 Å².